The summed E-state index contributed by atoms with van der Waals surface area (Å²) < 4.78 is 1.10. The second-order valence-electron chi connectivity index (χ2n) is 4.58. The smallest absolute Gasteiger partial charge is 0.170 e. The Bertz CT molecular complexity index is 608. The van der Waals surface area contributed by atoms with E-state index in [0.717, 1.165) is 10.2 Å². The Hall–Kier alpha value is -1.13. The molecule has 92 valence electrons. The quantitative estimate of drug-likeness (QED) is 0.816. The van der Waals surface area contributed by atoms with Crippen molar-refractivity contribution in [2.45, 2.75) is 18.9 Å². The zero-order chi connectivity index (χ0) is 12.5. The van der Waals surface area contributed by atoms with Crippen LogP contribution in [0.2, 0.25) is 0 Å². The van der Waals surface area contributed by atoms with Gasteiger partial charge in [0.05, 0.1) is 0 Å². The highest BCUT2D eigenvalue weighted by Gasteiger charge is 2.21. The summed E-state index contributed by atoms with van der Waals surface area (Å²) in [6, 6.07) is 13.1. The Morgan fingerprint density at radius 2 is 1.83 bits per heavy atom. The molecule has 1 aliphatic carbocycles. The highest BCUT2D eigenvalue weighted by Crippen LogP contribution is 2.23. The molecule has 4 heteroatoms. The monoisotopic (exact) mass is 320 g/mol. The Kier molecular flexibility index (Phi) is 3.22. The summed E-state index contributed by atoms with van der Waals surface area (Å²) in [5.74, 6) is 0. The lowest BCUT2D eigenvalue weighted by atomic mass is 10.1. The fourth-order valence-corrected chi connectivity index (χ4v) is 2.54. The van der Waals surface area contributed by atoms with Crippen molar-refractivity contribution in [3.63, 3.8) is 0 Å². The van der Waals surface area contributed by atoms with Crippen LogP contribution in [-0.4, -0.2) is 11.2 Å². The Labute approximate surface area is 120 Å². The third kappa shape index (κ3) is 2.82. The molecule has 2 aromatic rings. The van der Waals surface area contributed by atoms with Gasteiger partial charge in [0.2, 0.25) is 0 Å². The van der Waals surface area contributed by atoms with Gasteiger partial charge in [-0.25, -0.2) is 0 Å². The van der Waals surface area contributed by atoms with E-state index >= 15 is 0 Å². The van der Waals surface area contributed by atoms with Crippen molar-refractivity contribution >= 4 is 49.7 Å². The largest absolute Gasteiger partial charge is 0.360 e. The minimum atomic E-state index is 0.585. The molecule has 0 aliphatic heterocycles. The zero-order valence-corrected chi connectivity index (χ0v) is 12.1. The summed E-state index contributed by atoms with van der Waals surface area (Å²) in [4.78, 5) is 0. The molecule has 18 heavy (non-hydrogen) atoms. The average Bonchev–Trinajstić information content (AvgIpc) is 3.13. The van der Waals surface area contributed by atoms with E-state index in [4.69, 9.17) is 12.2 Å². The first-order valence-electron chi connectivity index (χ1n) is 5.97. The van der Waals surface area contributed by atoms with E-state index in [2.05, 4.69) is 56.9 Å². The molecule has 0 spiro atoms. The van der Waals surface area contributed by atoms with Crippen LogP contribution in [0.1, 0.15) is 12.8 Å². The van der Waals surface area contributed by atoms with Gasteiger partial charge in [-0.05, 0) is 60.1 Å². The molecular formula is C14H13BrN2S. The molecule has 0 bridgehead atoms. The van der Waals surface area contributed by atoms with Gasteiger partial charge in [-0.2, -0.15) is 0 Å². The predicted octanol–water partition coefficient (Wildman–Crippen LogP) is 4.05. The van der Waals surface area contributed by atoms with E-state index < -0.39 is 0 Å². The van der Waals surface area contributed by atoms with Crippen LogP contribution in [0.4, 0.5) is 5.69 Å². The van der Waals surface area contributed by atoms with Crippen molar-refractivity contribution in [1.29, 1.82) is 0 Å². The maximum atomic E-state index is 5.27. The van der Waals surface area contributed by atoms with Crippen LogP contribution in [0.15, 0.2) is 40.9 Å². The van der Waals surface area contributed by atoms with E-state index in [1.807, 2.05) is 6.07 Å². The summed E-state index contributed by atoms with van der Waals surface area (Å²) in [6.45, 7) is 0. The van der Waals surface area contributed by atoms with E-state index in [-0.39, 0.29) is 0 Å². The lowest BCUT2D eigenvalue weighted by molar-refractivity contribution is 0.919. The van der Waals surface area contributed by atoms with Gasteiger partial charge in [0.25, 0.3) is 0 Å². The summed E-state index contributed by atoms with van der Waals surface area (Å²) in [7, 11) is 0. The molecule has 0 radical (unpaired) electrons. The maximum absolute atomic E-state index is 5.27. The lowest BCUT2D eigenvalue weighted by Crippen LogP contribution is -2.30. The van der Waals surface area contributed by atoms with Crippen molar-refractivity contribution < 1.29 is 0 Å². The van der Waals surface area contributed by atoms with Crippen molar-refractivity contribution in [2.24, 2.45) is 0 Å². The average molecular weight is 321 g/mol. The standard InChI is InChI=1S/C14H13BrN2S/c15-11-3-1-10-8-13(4-2-9(10)7-11)17-14(18)16-12-5-6-12/h1-4,7-8,12H,5-6H2,(H2,16,17,18). The van der Waals surface area contributed by atoms with Gasteiger partial charge in [0.1, 0.15) is 0 Å². The number of hydrogen-bond donors (Lipinski definition) is 2. The normalized spacial score (nSPS) is 14.5. The first-order chi connectivity index (χ1) is 8.70. The fraction of sp³-hybridized carbons (Fsp3) is 0.214. The first kappa shape index (κ1) is 11.9. The summed E-state index contributed by atoms with van der Waals surface area (Å²) in [6.07, 6.45) is 2.46. The van der Waals surface area contributed by atoms with Gasteiger partial charge in [0, 0.05) is 16.2 Å². The summed E-state index contributed by atoms with van der Waals surface area (Å²) >= 11 is 8.74. The molecule has 0 atom stereocenters. The number of halogens is 1. The number of fused-ring (bicyclic) bond motifs is 1. The van der Waals surface area contributed by atoms with Gasteiger partial charge in [-0.1, -0.05) is 28.1 Å². The maximum Gasteiger partial charge on any atom is 0.170 e. The van der Waals surface area contributed by atoms with Gasteiger partial charge in [0.15, 0.2) is 5.11 Å². The molecule has 3 rings (SSSR count). The summed E-state index contributed by atoms with van der Waals surface area (Å²) in [5.41, 5.74) is 1.03. The van der Waals surface area contributed by atoms with Crippen molar-refractivity contribution in [3.05, 3.63) is 40.9 Å². The highest BCUT2D eigenvalue weighted by molar-refractivity contribution is 9.10. The number of anilines is 1. The number of rotatable bonds is 2. The van der Waals surface area contributed by atoms with Crippen LogP contribution in [-0.2, 0) is 0 Å². The van der Waals surface area contributed by atoms with E-state index in [1.165, 1.54) is 23.6 Å². The second kappa shape index (κ2) is 4.86. The van der Waals surface area contributed by atoms with Gasteiger partial charge in [-0.15, -0.1) is 0 Å². The van der Waals surface area contributed by atoms with Crippen molar-refractivity contribution in [3.8, 4) is 0 Å². The molecule has 2 aromatic carbocycles. The molecule has 0 unspecified atom stereocenters. The van der Waals surface area contributed by atoms with Crippen molar-refractivity contribution in [1.82, 2.24) is 5.32 Å². The Morgan fingerprint density at radius 3 is 2.61 bits per heavy atom. The van der Waals surface area contributed by atoms with Gasteiger partial charge >= 0.3 is 0 Å². The van der Waals surface area contributed by atoms with Crippen LogP contribution in [0.25, 0.3) is 10.8 Å². The van der Waals surface area contributed by atoms with Crippen molar-refractivity contribution in [2.75, 3.05) is 5.32 Å². The number of benzene rings is 2. The SMILES string of the molecule is S=C(Nc1ccc2cc(Br)ccc2c1)NC1CC1. The minimum absolute atomic E-state index is 0.585. The van der Waals surface area contributed by atoms with E-state index in [1.54, 1.807) is 0 Å². The Balaban J connectivity index is 1.79. The summed E-state index contributed by atoms with van der Waals surface area (Å²) in [5, 5.41) is 9.64. The lowest BCUT2D eigenvalue weighted by Gasteiger charge is -2.10. The van der Waals surface area contributed by atoms with E-state index in [0.29, 0.717) is 11.2 Å². The molecule has 0 aromatic heterocycles. The number of nitrogens with one attached hydrogen (secondary N) is 2. The number of thiocarbonyl (C=S) groups is 1. The van der Waals surface area contributed by atoms with Gasteiger partial charge < -0.3 is 10.6 Å². The Morgan fingerprint density at radius 1 is 1.11 bits per heavy atom. The first-order valence-corrected chi connectivity index (χ1v) is 7.18. The fourth-order valence-electron chi connectivity index (χ4n) is 1.87. The minimum Gasteiger partial charge on any atom is -0.360 e. The molecule has 2 nitrogen and oxygen atoms in total. The van der Waals surface area contributed by atoms with Crippen LogP contribution >= 0.6 is 28.1 Å². The highest BCUT2D eigenvalue weighted by atomic mass is 79.9. The van der Waals surface area contributed by atoms with Crippen LogP contribution < -0.4 is 10.6 Å². The van der Waals surface area contributed by atoms with Gasteiger partial charge in [-0.3, -0.25) is 0 Å². The molecule has 1 fully saturated rings. The third-order valence-electron chi connectivity index (χ3n) is 2.97. The molecule has 1 saturated carbocycles. The van der Waals surface area contributed by atoms with Crippen LogP contribution in [0.5, 0.6) is 0 Å². The zero-order valence-electron chi connectivity index (χ0n) is 9.74. The van der Waals surface area contributed by atoms with Crippen LogP contribution in [0.3, 0.4) is 0 Å². The molecular weight excluding hydrogens is 308 g/mol. The number of hydrogen-bond acceptors (Lipinski definition) is 1. The molecule has 0 heterocycles. The topological polar surface area (TPSA) is 24.1 Å². The molecule has 0 saturated heterocycles. The third-order valence-corrected chi connectivity index (χ3v) is 3.69. The predicted molar refractivity (Wildman–Crippen MR) is 84.0 cm³/mol. The molecule has 2 N–H and O–H groups in total. The van der Waals surface area contributed by atoms with E-state index in [9.17, 15) is 0 Å². The molecule has 1 aliphatic rings. The van der Waals surface area contributed by atoms with Crippen LogP contribution in [0, 0.1) is 0 Å². The molecule has 0 amide bonds. The second-order valence-corrected chi connectivity index (χ2v) is 5.90.